The van der Waals surface area contributed by atoms with Gasteiger partial charge in [0.25, 0.3) is 0 Å². The van der Waals surface area contributed by atoms with Crippen LogP contribution in [0.2, 0.25) is 0 Å². The van der Waals surface area contributed by atoms with Crippen molar-refractivity contribution in [1.82, 2.24) is 10.6 Å². The molecule has 0 unspecified atom stereocenters. The van der Waals surface area contributed by atoms with Crippen molar-refractivity contribution >= 4 is 29.9 Å². The molecule has 7 heteroatoms. The van der Waals surface area contributed by atoms with E-state index in [0.717, 1.165) is 24.0 Å². The number of ether oxygens (including phenoxy) is 1. The summed E-state index contributed by atoms with van der Waals surface area (Å²) in [6, 6.07) is 11.8. The minimum Gasteiger partial charge on any atom is -0.380 e. The highest BCUT2D eigenvalue weighted by Crippen LogP contribution is 2.47. The molecule has 0 amide bonds. The monoisotopic (exact) mass is 501 g/mol. The zero-order valence-corrected chi connectivity index (χ0v) is 18.4. The maximum atomic E-state index is 13.7. The SMILES string of the molecule is CN=C(NCc1ccc(F)c(COC)c1)NCC1(c2cccc(F)c2)CC1.I. The second-order valence-corrected chi connectivity index (χ2v) is 6.93. The fourth-order valence-corrected chi connectivity index (χ4v) is 3.20. The molecule has 2 aromatic rings. The fourth-order valence-electron chi connectivity index (χ4n) is 3.20. The van der Waals surface area contributed by atoms with Gasteiger partial charge in [-0.15, -0.1) is 24.0 Å². The highest BCUT2D eigenvalue weighted by atomic mass is 127. The third-order valence-electron chi connectivity index (χ3n) is 4.98. The van der Waals surface area contributed by atoms with Crippen molar-refractivity contribution in [2.45, 2.75) is 31.4 Å². The Morgan fingerprint density at radius 3 is 2.57 bits per heavy atom. The van der Waals surface area contributed by atoms with E-state index in [0.29, 0.717) is 24.6 Å². The van der Waals surface area contributed by atoms with Gasteiger partial charge in [0.15, 0.2) is 5.96 Å². The van der Waals surface area contributed by atoms with Gasteiger partial charge in [0.1, 0.15) is 11.6 Å². The Hall–Kier alpha value is -1.74. The smallest absolute Gasteiger partial charge is 0.191 e. The Morgan fingerprint density at radius 1 is 1.14 bits per heavy atom. The maximum absolute atomic E-state index is 13.7. The Bertz CT molecular complexity index is 825. The average Bonchev–Trinajstić information content (AvgIpc) is 3.46. The van der Waals surface area contributed by atoms with Crippen LogP contribution in [0.15, 0.2) is 47.5 Å². The van der Waals surface area contributed by atoms with Crippen molar-refractivity contribution in [2.75, 3.05) is 20.7 Å². The van der Waals surface area contributed by atoms with E-state index in [4.69, 9.17) is 4.74 Å². The lowest BCUT2D eigenvalue weighted by Crippen LogP contribution is -2.40. The first-order valence-corrected chi connectivity index (χ1v) is 9.03. The van der Waals surface area contributed by atoms with Gasteiger partial charge < -0.3 is 15.4 Å². The zero-order chi connectivity index (χ0) is 19.3. The minimum absolute atomic E-state index is 0. The Labute approximate surface area is 181 Å². The van der Waals surface area contributed by atoms with Crippen LogP contribution in [0, 0.1) is 11.6 Å². The second kappa shape index (κ2) is 10.2. The first-order valence-electron chi connectivity index (χ1n) is 9.03. The molecule has 3 rings (SSSR count). The van der Waals surface area contributed by atoms with E-state index >= 15 is 0 Å². The summed E-state index contributed by atoms with van der Waals surface area (Å²) in [6.45, 7) is 1.45. The van der Waals surface area contributed by atoms with Crippen molar-refractivity contribution in [3.63, 3.8) is 0 Å². The van der Waals surface area contributed by atoms with Crippen LogP contribution in [0.3, 0.4) is 0 Å². The highest BCUT2D eigenvalue weighted by Gasteiger charge is 2.44. The molecule has 1 aliphatic carbocycles. The molecule has 0 saturated heterocycles. The number of hydrogen-bond acceptors (Lipinski definition) is 2. The summed E-state index contributed by atoms with van der Waals surface area (Å²) in [5, 5.41) is 6.57. The third-order valence-corrected chi connectivity index (χ3v) is 4.98. The van der Waals surface area contributed by atoms with Crippen LogP contribution in [0.25, 0.3) is 0 Å². The van der Waals surface area contributed by atoms with Crippen LogP contribution in [-0.4, -0.2) is 26.7 Å². The average molecular weight is 501 g/mol. The van der Waals surface area contributed by atoms with E-state index in [-0.39, 0.29) is 47.6 Å². The van der Waals surface area contributed by atoms with Crippen molar-refractivity contribution in [3.8, 4) is 0 Å². The lowest BCUT2D eigenvalue weighted by Gasteiger charge is -2.19. The number of rotatable bonds is 7. The van der Waals surface area contributed by atoms with Crippen LogP contribution in [-0.2, 0) is 23.3 Å². The molecule has 2 N–H and O–H groups in total. The summed E-state index contributed by atoms with van der Waals surface area (Å²) in [6.07, 6.45) is 2.05. The van der Waals surface area contributed by atoms with Crippen molar-refractivity contribution in [2.24, 2.45) is 4.99 Å². The first-order chi connectivity index (χ1) is 13.1. The van der Waals surface area contributed by atoms with Gasteiger partial charge in [-0.3, -0.25) is 4.99 Å². The van der Waals surface area contributed by atoms with Gasteiger partial charge in [-0.05, 0) is 48.2 Å². The summed E-state index contributed by atoms with van der Waals surface area (Å²) in [5.41, 5.74) is 2.47. The Morgan fingerprint density at radius 2 is 1.93 bits per heavy atom. The summed E-state index contributed by atoms with van der Waals surface area (Å²) in [5.74, 6) is 0.189. The Kier molecular flexibility index (Phi) is 8.18. The molecule has 0 atom stereocenters. The first kappa shape index (κ1) is 22.5. The van der Waals surface area contributed by atoms with E-state index in [9.17, 15) is 8.78 Å². The number of methoxy groups -OCH3 is 1. The predicted molar refractivity (Wildman–Crippen MR) is 118 cm³/mol. The standard InChI is InChI=1S/C21H25F2N3O.HI/c1-24-20(25-12-15-6-7-19(23)16(10-15)13-27-2)26-14-21(8-9-21)17-4-3-5-18(22)11-17;/h3-7,10-11H,8-9,12-14H2,1-2H3,(H2,24,25,26);1H. The summed E-state index contributed by atoms with van der Waals surface area (Å²) >= 11 is 0. The number of hydrogen-bond donors (Lipinski definition) is 2. The van der Waals surface area contributed by atoms with Crippen LogP contribution in [0.4, 0.5) is 8.78 Å². The van der Waals surface area contributed by atoms with Gasteiger partial charge in [-0.2, -0.15) is 0 Å². The molecule has 2 aromatic carbocycles. The van der Waals surface area contributed by atoms with E-state index in [1.807, 2.05) is 6.07 Å². The second-order valence-electron chi connectivity index (χ2n) is 6.93. The quantitative estimate of drug-likeness (QED) is 0.341. The van der Waals surface area contributed by atoms with E-state index in [2.05, 4.69) is 15.6 Å². The van der Waals surface area contributed by atoms with Gasteiger partial charge in [0.2, 0.25) is 0 Å². The molecular weight excluding hydrogens is 475 g/mol. The number of nitrogens with zero attached hydrogens (tertiary/aromatic N) is 1. The summed E-state index contributed by atoms with van der Waals surface area (Å²) in [4.78, 5) is 4.24. The van der Waals surface area contributed by atoms with Crippen LogP contribution in [0.5, 0.6) is 0 Å². The van der Waals surface area contributed by atoms with Gasteiger partial charge in [-0.25, -0.2) is 8.78 Å². The van der Waals surface area contributed by atoms with Crippen molar-refractivity contribution in [1.29, 1.82) is 0 Å². The predicted octanol–water partition coefficient (Wildman–Crippen LogP) is 4.13. The molecule has 0 bridgehead atoms. The van der Waals surface area contributed by atoms with Crippen molar-refractivity contribution < 1.29 is 13.5 Å². The molecule has 1 fully saturated rings. The molecule has 0 aromatic heterocycles. The van der Waals surface area contributed by atoms with E-state index in [1.54, 1.807) is 38.4 Å². The number of guanidine groups is 1. The minimum atomic E-state index is -0.270. The van der Waals surface area contributed by atoms with Gasteiger partial charge >= 0.3 is 0 Å². The summed E-state index contributed by atoms with van der Waals surface area (Å²) < 4.78 is 32.3. The molecule has 28 heavy (non-hydrogen) atoms. The topological polar surface area (TPSA) is 45.7 Å². The highest BCUT2D eigenvalue weighted by molar-refractivity contribution is 14.0. The molecule has 0 aliphatic heterocycles. The molecule has 152 valence electrons. The Balaban J connectivity index is 0.00000280. The van der Waals surface area contributed by atoms with Crippen molar-refractivity contribution in [3.05, 3.63) is 70.8 Å². The molecule has 0 spiro atoms. The molecule has 1 aliphatic rings. The van der Waals surface area contributed by atoms with Crippen LogP contribution in [0.1, 0.15) is 29.5 Å². The normalized spacial score (nSPS) is 14.9. The van der Waals surface area contributed by atoms with E-state index in [1.165, 1.54) is 12.1 Å². The number of aliphatic imine (C=N–C) groups is 1. The lowest BCUT2D eigenvalue weighted by molar-refractivity contribution is 0.181. The lowest BCUT2D eigenvalue weighted by atomic mass is 9.96. The third kappa shape index (κ3) is 5.64. The summed E-state index contributed by atoms with van der Waals surface area (Å²) in [7, 11) is 3.25. The molecule has 1 saturated carbocycles. The van der Waals surface area contributed by atoms with Gasteiger partial charge in [0.05, 0.1) is 6.61 Å². The maximum Gasteiger partial charge on any atom is 0.191 e. The van der Waals surface area contributed by atoms with E-state index < -0.39 is 0 Å². The molecular formula is C21H26F2IN3O. The largest absolute Gasteiger partial charge is 0.380 e. The number of benzene rings is 2. The molecule has 0 radical (unpaired) electrons. The van der Waals surface area contributed by atoms with Crippen LogP contribution < -0.4 is 10.6 Å². The number of nitrogens with one attached hydrogen (secondary N) is 2. The van der Waals surface area contributed by atoms with Crippen LogP contribution >= 0.6 is 24.0 Å². The number of halogens is 3. The molecule has 4 nitrogen and oxygen atoms in total. The van der Waals surface area contributed by atoms with Gasteiger partial charge in [0, 0.05) is 38.2 Å². The molecule has 0 heterocycles. The van der Waals surface area contributed by atoms with Gasteiger partial charge in [-0.1, -0.05) is 18.2 Å². The fraction of sp³-hybridized carbons (Fsp3) is 0.381. The zero-order valence-electron chi connectivity index (χ0n) is 16.1.